The highest BCUT2D eigenvalue weighted by Crippen LogP contribution is 2.61. The van der Waals surface area contributed by atoms with Crippen molar-refractivity contribution in [2.24, 2.45) is 23.2 Å². The lowest BCUT2D eigenvalue weighted by atomic mass is 9.48. The molecular formula is C14H22F2O3S. The van der Waals surface area contributed by atoms with Crippen molar-refractivity contribution in [1.82, 2.24) is 0 Å². The second-order valence-electron chi connectivity index (χ2n) is 7.38. The van der Waals surface area contributed by atoms with Crippen molar-refractivity contribution in [2.75, 3.05) is 0 Å². The third-order valence-corrected chi connectivity index (χ3v) is 6.68. The van der Waals surface area contributed by atoms with Gasteiger partial charge in [0.05, 0.1) is 0 Å². The van der Waals surface area contributed by atoms with Crippen molar-refractivity contribution >= 4 is 10.1 Å². The predicted molar refractivity (Wildman–Crippen MR) is 71.0 cm³/mol. The highest BCUT2D eigenvalue weighted by atomic mass is 32.2. The topological polar surface area (TPSA) is 54.4 Å². The van der Waals surface area contributed by atoms with Crippen LogP contribution in [0.5, 0.6) is 0 Å². The highest BCUT2D eigenvalue weighted by Gasteiger charge is 2.51. The first-order valence-corrected chi connectivity index (χ1v) is 8.98. The maximum atomic E-state index is 13.3. The normalized spacial score (nSPS) is 40.2. The van der Waals surface area contributed by atoms with Gasteiger partial charge in [-0.15, -0.1) is 0 Å². The van der Waals surface area contributed by atoms with Crippen molar-refractivity contribution in [3.8, 4) is 0 Å². The summed E-state index contributed by atoms with van der Waals surface area (Å²) in [7, 11) is -5.26. The zero-order chi connectivity index (χ0) is 14.6. The molecule has 0 amide bonds. The number of hydrogen-bond donors (Lipinski definition) is 1. The second-order valence-corrected chi connectivity index (χ2v) is 8.93. The molecule has 0 unspecified atom stereocenters. The third kappa shape index (κ3) is 2.61. The Morgan fingerprint density at radius 1 is 1.05 bits per heavy atom. The Morgan fingerprint density at radius 3 is 1.90 bits per heavy atom. The molecule has 0 aromatic carbocycles. The fourth-order valence-corrected chi connectivity index (χ4v) is 5.80. The zero-order valence-electron chi connectivity index (χ0n) is 11.5. The smallest absolute Gasteiger partial charge is 0.281 e. The second kappa shape index (κ2) is 4.63. The van der Waals surface area contributed by atoms with Crippen LogP contribution in [0.4, 0.5) is 8.78 Å². The van der Waals surface area contributed by atoms with Crippen LogP contribution in [0.1, 0.15) is 57.8 Å². The van der Waals surface area contributed by atoms with Crippen molar-refractivity contribution in [2.45, 2.75) is 63.0 Å². The molecule has 4 saturated carbocycles. The Morgan fingerprint density at radius 2 is 1.50 bits per heavy atom. The molecule has 20 heavy (non-hydrogen) atoms. The molecule has 4 bridgehead atoms. The van der Waals surface area contributed by atoms with Crippen LogP contribution >= 0.6 is 0 Å². The number of hydrogen-bond acceptors (Lipinski definition) is 2. The summed E-state index contributed by atoms with van der Waals surface area (Å²) in [5.41, 5.74) is 0.185. The van der Waals surface area contributed by atoms with E-state index in [2.05, 4.69) is 0 Å². The van der Waals surface area contributed by atoms with Crippen LogP contribution in [0.3, 0.4) is 0 Å². The Bertz CT molecular complexity index is 451. The van der Waals surface area contributed by atoms with Gasteiger partial charge >= 0.3 is 15.4 Å². The van der Waals surface area contributed by atoms with Gasteiger partial charge in [-0.05, 0) is 74.5 Å². The molecule has 0 aliphatic heterocycles. The quantitative estimate of drug-likeness (QED) is 0.785. The SMILES string of the molecule is O=S(=O)(O)C(F)(F)CCCC12CC3CC(CC(C3)C1)C2. The van der Waals surface area contributed by atoms with Crippen LogP contribution in [0.15, 0.2) is 0 Å². The molecule has 4 rings (SSSR count). The van der Waals surface area contributed by atoms with Gasteiger partial charge in [-0.25, -0.2) is 0 Å². The Balaban J connectivity index is 1.59. The maximum Gasteiger partial charge on any atom is 0.370 e. The first-order chi connectivity index (χ1) is 9.19. The van der Waals surface area contributed by atoms with E-state index >= 15 is 0 Å². The molecule has 0 atom stereocenters. The van der Waals surface area contributed by atoms with Crippen LogP contribution in [0.2, 0.25) is 0 Å². The summed E-state index contributed by atoms with van der Waals surface area (Å²) in [5, 5.41) is -3.99. The van der Waals surface area contributed by atoms with Crippen molar-refractivity contribution < 1.29 is 21.8 Å². The van der Waals surface area contributed by atoms with E-state index in [0.29, 0.717) is 6.42 Å². The number of halogens is 2. The fourth-order valence-electron chi connectivity index (χ4n) is 5.39. The van der Waals surface area contributed by atoms with E-state index in [1.54, 1.807) is 0 Å². The number of rotatable bonds is 5. The van der Waals surface area contributed by atoms with E-state index in [-0.39, 0.29) is 11.8 Å². The molecule has 0 heterocycles. The summed E-state index contributed by atoms with van der Waals surface area (Å²) < 4.78 is 56.3. The van der Waals surface area contributed by atoms with Crippen LogP contribution in [-0.4, -0.2) is 18.2 Å². The lowest BCUT2D eigenvalue weighted by molar-refractivity contribution is -0.0608. The average molecular weight is 308 g/mol. The summed E-state index contributed by atoms with van der Waals surface area (Å²) >= 11 is 0. The Kier molecular flexibility index (Phi) is 3.40. The van der Waals surface area contributed by atoms with Gasteiger partial charge in [-0.3, -0.25) is 4.55 Å². The molecule has 0 aromatic heterocycles. The predicted octanol–water partition coefficient (Wildman–Crippen LogP) is 3.85. The van der Waals surface area contributed by atoms with Gasteiger partial charge in [0.2, 0.25) is 0 Å². The first kappa shape index (κ1) is 14.7. The van der Waals surface area contributed by atoms with Gasteiger partial charge in [-0.1, -0.05) is 0 Å². The summed E-state index contributed by atoms with van der Waals surface area (Å²) in [6.07, 6.45) is 7.43. The standard InChI is InChI=1S/C14H22F2O3S/c15-14(16,20(17,18)19)3-1-2-13-7-10-4-11(8-13)6-12(5-10)9-13/h10-12H,1-9H2,(H,17,18,19). The molecule has 4 aliphatic carbocycles. The summed E-state index contributed by atoms with van der Waals surface area (Å²) in [6.45, 7) is 0. The minimum Gasteiger partial charge on any atom is -0.281 e. The molecule has 0 saturated heterocycles. The molecule has 3 nitrogen and oxygen atoms in total. The average Bonchev–Trinajstić information content (AvgIpc) is 2.24. The third-order valence-electron chi connectivity index (χ3n) is 5.72. The van der Waals surface area contributed by atoms with Crippen molar-refractivity contribution in [1.29, 1.82) is 0 Å². The summed E-state index contributed by atoms with van der Waals surface area (Å²) in [5.74, 6) is 2.30. The van der Waals surface area contributed by atoms with E-state index in [0.717, 1.165) is 37.0 Å². The van der Waals surface area contributed by atoms with Gasteiger partial charge < -0.3 is 0 Å². The van der Waals surface area contributed by atoms with Gasteiger partial charge in [0.25, 0.3) is 0 Å². The highest BCUT2D eigenvalue weighted by molar-refractivity contribution is 7.86. The van der Waals surface area contributed by atoms with Crippen LogP contribution in [0, 0.1) is 23.2 Å². The molecule has 4 aliphatic rings. The fraction of sp³-hybridized carbons (Fsp3) is 1.00. The number of alkyl halides is 2. The van der Waals surface area contributed by atoms with E-state index in [1.807, 2.05) is 0 Å². The molecule has 0 aromatic rings. The van der Waals surface area contributed by atoms with E-state index < -0.39 is 21.8 Å². The molecule has 6 heteroatoms. The Hall–Kier alpha value is -0.230. The van der Waals surface area contributed by atoms with Crippen LogP contribution in [-0.2, 0) is 10.1 Å². The molecule has 0 spiro atoms. The van der Waals surface area contributed by atoms with Crippen LogP contribution in [0.25, 0.3) is 0 Å². The van der Waals surface area contributed by atoms with Crippen LogP contribution < -0.4 is 0 Å². The van der Waals surface area contributed by atoms with Crippen molar-refractivity contribution in [3.63, 3.8) is 0 Å². The van der Waals surface area contributed by atoms with Crippen molar-refractivity contribution in [3.05, 3.63) is 0 Å². The van der Waals surface area contributed by atoms with Gasteiger partial charge in [-0.2, -0.15) is 17.2 Å². The lowest BCUT2D eigenvalue weighted by Gasteiger charge is -2.57. The minimum atomic E-state index is -5.26. The first-order valence-electron chi connectivity index (χ1n) is 7.54. The molecule has 116 valence electrons. The minimum absolute atomic E-state index is 0.180. The molecular weight excluding hydrogens is 286 g/mol. The lowest BCUT2D eigenvalue weighted by Crippen LogP contribution is -2.46. The molecule has 1 N–H and O–H groups in total. The maximum absolute atomic E-state index is 13.3. The summed E-state index contributed by atoms with van der Waals surface area (Å²) in [6, 6.07) is 0. The molecule has 0 radical (unpaired) electrons. The van der Waals surface area contributed by atoms with E-state index in [4.69, 9.17) is 4.55 Å². The monoisotopic (exact) mass is 308 g/mol. The zero-order valence-corrected chi connectivity index (χ0v) is 12.3. The van der Waals surface area contributed by atoms with E-state index in [9.17, 15) is 17.2 Å². The largest absolute Gasteiger partial charge is 0.370 e. The van der Waals surface area contributed by atoms with Gasteiger partial charge in [0.1, 0.15) is 0 Å². The van der Waals surface area contributed by atoms with Gasteiger partial charge in [0.15, 0.2) is 0 Å². The van der Waals surface area contributed by atoms with Gasteiger partial charge in [0, 0.05) is 6.42 Å². The van der Waals surface area contributed by atoms with E-state index in [1.165, 1.54) is 19.3 Å². The summed E-state index contributed by atoms with van der Waals surface area (Å²) in [4.78, 5) is 0. The Labute approximate surface area is 118 Å². The molecule has 4 fully saturated rings.